The minimum Gasteiger partial charge on any atom is -0.342 e. The van der Waals surface area contributed by atoms with Crippen molar-refractivity contribution in [3.63, 3.8) is 0 Å². The van der Waals surface area contributed by atoms with Crippen molar-refractivity contribution < 1.29 is 18.0 Å². The molecule has 1 unspecified atom stereocenters. The van der Waals surface area contributed by atoms with E-state index in [4.69, 9.17) is 11.6 Å². The first-order chi connectivity index (χ1) is 15.8. The highest BCUT2D eigenvalue weighted by atomic mass is 35.5. The second-order valence-corrected chi connectivity index (χ2v) is 12.0. The van der Waals surface area contributed by atoms with Gasteiger partial charge in [0, 0.05) is 50.7 Å². The Kier molecular flexibility index (Phi) is 7.66. The van der Waals surface area contributed by atoms with Crippen LogP contribution in [0.1, 0.15) is 62.2 Å². The number of hydrogen-bond donors (Lipinski definition) is 0. The van der Waals surface area contributed by atoms with E-state index in [0.29, 0.717) is 50.5 Å². The molecular weight excluding hydrogens is 462 g/mol. The van der Waals surface area contributed by atoms with Crippen molar-refractivity contribution in [2.24, 2.45) is 11.8 Å². The van der Waals surface area contributed by atoms with E-state index in [1.807, 2.05) is 11.8 Å². The topological polar surface area (TPSA) is 78.0 Å². The molecule has 0 radical (unpaired) electrons. The van der Waals surface area contributed by atoms with E-state index in [-0.39, 0.29) is 27.7 Å². The summed E-state index contributed by atoms with van der Waals surface area (Å²) < 4.78 is 28.0. The lowest BCUT2D eigenvalue weighted by atomic mass is 9.94. The molecule has 7 nitrogen and oxygen atoms in total. The quantitative estimate of drug-likeness (QED) is 0.639. The van der Waals surface area contributed by atoms with Crippen LogP contribution in [0.2, 0.25) is 5.02 Å². The van der Waals surface area contributed by atoms with Crippen molar-refractivity contribution in [2.45, 2.75) is 56.8 Å². The van der Waals surface area contributed by atoms with Gasteiger partial charge >= 0.3 is 0 Å². The Hall–Kier alpha value is -1.64. The van der Waals surface area contributed by atoms with Crippen LogP contribution in [0.4, 0.5) is 0 Å². The van der Waals surface area contributed by atoms with Gasteiger partial charge in [0.15, 0.2) is 0 Å². The lowest BCUT2D eigenvalue weighted by Crippen LogP contribution is -2.45. The molecule has 0 spiro atoms. The molecule has 3 aliphatic rings. The summed E-state index contributed by atoms with van der Waals surface area (Å²) in [7, 11) is -3.76. The molecule has 0 bridgehead atoms. The zero-order chi connectivity index (χ0) is 23.6. The molecular formula is C24H34ClN3O4S. The van der Waals surface area contributed by atoms with E-state index >= 15 is 0 Å². The summed E-state index contributed by atoms with van der Waals surface area (Å²) in [6, 6.07) is 4.51. The third kappa shape index (κ3) is 5.38. The highest BCUT2D eigenvalue weighted by Gasteiger charge is 2.33. The van der Waals surface area contributed by atoms with Crippen LogP contribution >= 0.6 is 11.6 Å². The molecule has 0 N–H and O–H groups in total. The van der Waals surface area contributed by atoms with Crippen LogP contribution in [-0.2, 0) is 14.8 Å². The molecule has 0 aromatic heterocycles. The van der Waals surface area contributed by atoms with E-state index in [9.17, 15) is 18.0 Å². The van der Waals surface area contributed by atoms with Crippen LogP contribution in [0.5, 0.6) is 0 Å². The summed E-state index contributed by atoms with van der Waals surface area (Å²) in [6.07, 6.45) is 6.45. The average Bonchev–Trinajstić information content (AvgIpc) is 2.84. The smallest absolute Gasteiger partial charge is 0.253 e. The molecule has 1 atom stereocenters. The number of rotatable bonds is 4. The Labute approximate surface area is 202 Å². The van der Waals surface area contributed by atoms with Crippen molar-refractivity contribution in [3.8, 4) is 0 Å². The predicted octanol–water partition coefficient (Wildman–Crippen LogP) is 3.63. The Bertz CT molecular complexity index is 985. The standard InChI is InChI=1S/C24H34ClN3O4S/c1-18-6-5-13-28(17-18)33(31,32)22-16-20(7-8-21(22)25)24(30)27-14-9-19(10-15-27)23(29)26-11-3-2-4-12-26/h7-8,16,18-19H,2-6,9-15,17H2,1H3. The fourth-order valence-corrected chi connectivity index (χ4v) is 7.32. The molecule has 3 saturated heterocycles. The minimum absolute atomic E-state index is 0.000668. The number of halogens is 1. The maximum absolute atomic E-state index is 13.2. The monoisotopic (exact) mass is 495 g/mol. The van der Waals surface area contributed by atoms with Gasteiger partial charge in [-0.2, -0.15) is 4.31 Å². The van der Waals surface area contributed by atoms with Crippen LogP contribution < -0.4 is 0 Å². The van der Waals surface area contributed by atoms with E-state index < -0.39 is 10.0 Å². The summed E-state index contributed by atoms with van der Waals surface area (Å²) >= 11 is 6.28. The Morgan fingerprint density at radius 1 is 0.909 bits per heavy atom. The van der Waals surface area contributed by atoms with Crippen molar-refractivity contribution >= 4 is 33.4 Å². The van der Waals surface area contributed by atoms with Gasteiger partial charge in [0.25, 0.3) is 5.91 Å². The first-order valence-electron chi connectivity index (χ1n) is 12.1. The van der Waals surface area contributed by atoms with Gasteiger partial charge in [0.2, 0.25) is 15.9 Å². The van der Waals surface area contributed by atoms with E-state index in [0.717, 1.165) is 38.8 Å². The maximum Gasteiger partial charge on any atom is 0.253 e. The molecule has 3 aliphatic heterocycles. The number of amides is 2. The predicted molar refractivity (Wildman–Crippen MR) is 128 cm³/mol. The van der Waals surface area contributed by atoms with Crippen LogP contribution in [0.15, 0.2) is 23.1 Å². The Morgan fingerprint density at radius 3 is 2.27 bits per heavy atom. The summed E-state index contributed by atoms with van der Waals surface area (Å²) in [5.74, 6) is 0.275. The number of hydrogen-bond acceptors (Lipinski definition) is 4. The molecule has 3 fully saturated rings. The zero-order valence-corrected chi connectivity index (χ0v) is 20.9. The molecule has 4 rings (SSSR count). The number of carbonyl (C=O) groups is 2. The summed E-state index contributed by atoms with van der Waals surface area (Å²) in [4.78, 5) is 29.7. The maximum atomic E-state index is 13.2. The van der Waals surface area contributed by atoms with Gasteiger partial charge in [-0.25, -0.2) is 8.42 Å². The molecule has 3 heterocycles. The number of nitrogens with zero attached hydrogens (tertiary/aromatic N) is 3. The van der Waals surface area contributed by atoms with Crippen molar-refractivity contribution in [2.75, 3.05) is 39.3 Å². The molecule has 0 saturated carbocycles. The van der Waals surface area contributed by atoms with Gasteiger partial charge in [-0.15, -0.1) is 0 Å². The first-order valence-corrected chi connectivity index (χ1v) is 14.0. The lowest BCUT2D eigenvalue weighted by Gasteiger charge is -2.35. The number of sulfonamides is 1. The zero-order valence-electron chi connectivity index (χ0n) is 19.3. The molecule has 9 heteroatoms. The first kappa shape index (κ1) is 24.5. The van der Waals surface area contributed by atoms with Crippen LogP contribution in [0.25, 0.3) is 0 Å². The van der Waals surface area contributed by atoms with Gasteiger partial charge < -0.3 is 9.80 Å². The number of piperidine rings is 3. The molecule has 2 amide bonds. The normalized spacial score (nSPS) is 23.5. The highest BCUT2D eigenvalue weighted by Crippen LogP contribution is 2.30. The largest absolute Gasteiger partial charge is 0.342 e. The number of benzene rings is 1. The molecule has 1 aromatic rings. The lowest BCUT2D eigenvalue weighted by molar-refractivity contribution is -0.137. The van der Waals surface area contributed by atoms with Gasteiger partial charge in [-0.05, 0) is 69.1 Å². The van der Waals surface area contributed by atoms with Gasteiger partial charge in [-0.3, -0.25) is 9.59 Å². The summed E-state index contributed by atoms with van der Waals surface area (Å²) in [5.41, 5.74) is 0.323. The van der Waals surface area contributed by atoms with Crippen LogP contribution in [0, 0.1) is 11.8 Å². The third-order valence-corrected chi connectivity index (χ3v) is 9.56. The molecule has 33 heavy (non-hydrogen) atoms. The SMILES string of the molecule is CC1CCCN(S(=O)(=O)c2cc(C(=O)N3CCC(C(=O)N4CCCCC4)CC3)ccc2Cl)C1. The number of carbonyl (C=O) groups excluding carboxylic acids is 2. The average molecular weight is 496 g/mol. The van der Waals surface area contributed by atoms with Crippen LogP contribution in [-0.4, -0.2) is 73.6 Å². The minimum atomic E-state index is -3.76. The molecule has 182 valence electrons. The fourth-order valence-electron chi connectivity index (χ4n) is 5.22. The second kappa shape index (κ2) is 10.3. The van der Waals surface area contributed by atoms with Gasteiger partial charge in [0.05, 0.1) is 5.02 Å². The van der Waals surface area contributed by atoms with E-state index in [1.54, 1.807) is 11.0 Å². The van der Waals surface area contributed by atoms with Crippen molar-refractivity contribution in [1.82, 2.24) is 14.1 Å². The van der Waals surface area contributed by atoms with Crippen molar-refractivity contribution in [3.05, 3.63) is 28.8 Å². The van der Waals surface area contributed by atoms with Gasteiger partial charge in [0.1, 0.15) is 4.90 Å². The summed E-state index contributed by atoms with van der Waals surface area (Å²) in [5, 5.41) is 0.135. The number of likely N-dealkylation sites (tertiary alicyclic amines) is 2. The van der Waals surface area contributed by atoms with E-state index in [1.165, 1.54) is 22.9 Å². The molecule has 0 aliphatic carbocycles. The van der Waals surface area contributed by atoms with E-state index in [2.05, 4.69) is 0 Å². The van der Waals surface area contributed by atoms with Crippen LogP contribution in [0.3, 0.4) is 0 Å². The Morgan fingerprint density at radius 2 is 1.61 bits per heavy atom. The second-order valence-electron chi connectivity index (χ2n) is 9.71. The van der Waals surface area contributed by atoms with Gasteiger partial charge in [-0.1, -0.05) is 18.5 Å². The third-order valence-electron chi connectivity index (χ3n) is 7.21. The highest BCUT2D eigenvalue weighted by molar-refractivity contribution is 7.89. The Balaban J connectivity index is 1.43. The fraction of sp³-hybridized carbons (Fsp3) is 0.667. The summed E-state index contributed by atoms with van der Waals surface area (Å²) in [6.45, 7) is 5.67. The molecule has 1 aromatic carbocycles. The van der Waals surface area contributed by atoms with Crippen molar-refractivity contribution in [1.29, 1.82) is 0 Å².